The minimum absolute atomic E-state index is 0. The summed E-state index contributed by atoms with van der Waals surface area (Å²) in [6.45, 7) is 0. The van der Waals surface area contributed by atoms with E-state index in [-0.39, 0.29) is 37.7 Å². The fourth-order valence-corrected chi connectivity index (χ4v) is 0. The zero-order valence-electron chi connectivity index (χ0n) is 4.01. The van der Waals surface area contributed by atoms with Gasteiger partial charge in [-0.15, -0.1) is 0 Å². The van der Waals surface area contributed by atoms with Crippen LogP contribution in [-0.4, -0.2) is 47.1 Å². The molecule has 0 atom stereocenters. The van der Waals surface area contributed by atoms with Crippen LogP contribution in [0.15, 0.2) is 0 Å². The van der Waals surface area contributed by atoms with Crippen LogP contribution in [0.4, 0.5) is 16.4 Å². The van der Waals surface area contributed by atoms with Crippen molar-refractivity contribution >= 4 is 47.1 Å². The maximum Gasteiger partial charge on any atom is 0.844 e. The normalized spacial score (nSPS) is 8.57. The molecule has 0 aliphatic rings. The van der Waals surface area contributed by atoms with Crippen molar-refractivity contribution < 1.29 is 16.4 Å². The summed E-state index contributed by atoms with van der Waals surface area (Å²) >= 11 is 0. The summed E-state index contributed by atoms with van der Waals surface area (Å²) in [7, 11) is -6.61. The fourth-order valence-electron chi connectivity index (χ4n) is 0. The average Bonchev–Trinajstić information content (AvgIpc) is 0.722. The Morgan fingerprint density at radius 2 is 0.714 bits per heavy atom. The van der Waals surface area contributed by atoms with Gasteiger partial charge in [0.1, 0.15) is 0 Å². The molecule has 7 heavy (non-hydrogen) atoms. The van der Waals surface area contributed by atoms with Crippen LogP contribution < -0.4 is 0 Å². The van der Waals surface area contributed by atoms with Crippen molar-refractivity contribution in [2.24, 2.45) is 0 Å². The fraction of sp³-hybridized carbons (Fsp3) is 0. The minimum Gasteiger partial charge on any atom is -0.211 e. The Morgan fingerprint density at radius 3 is 0.714 bits per heavy atom. The second-order valence-electron chi connectivity index (χ2n) is 0.429. The van der Waals surface area contributed by atoms with Crippen molar-refractivity contribution in [1.29, 1.82) is 0 Å². The molecule has 0 amide bonds. The maximum atomic E-state index is 9.83. The van der Waals surface area contributed by atoms with Crippen LogP contribution in [0.2, 0.25) is 0 Å². The maximum absolute atomic E-state index is 9.83. The van der Waals surface area contributed by atoms with Crippen LogP contribution in [0.25, 0.3) is 0 Å². The molecule has 0 rings (SSSR count). The molecule has 0 saturated heterocycles. The van der Waals surface area contributed by atoms with Gasteiger partial charge in [-0.1, -0.05) is 0 Å². The molecule has 0 bridgehead atoms. The Labute approximate surface area is 63.7 Å². The Balaban J connectivity index is -0.0000000800. The molecule has 0 aromatic rings. The van der Waals surface area contributed by atoms with Gasteiger partial charge in [-0.05, 0) is 0 Å². The first-order valence-corrected chi connectivity index (χ1v) is 2.27. The Morgan fingerprint density at radius 1 is 0.714 bits per heavy atom. The molecule has 7 heteroatoms. The van der Waals surface area contributed by atoms with Gasteiger partial charge < -0.3 is 0 Å². The van der Waals surface area contributed by atoms with E-state index in [2.05, 4.69) is 0 Å². The van der Waals surface area contributed by atoms with E-state index in [1.54, 1.807) is 0 Å². The van der Waals surface area contributed by atoms with Gasteiger partial charge in [-0.25, -0.2) is 16.4 Å². The van der Waals surface area contributed by atoms with Crippen molar-refractivity contribution in [1.82, 2.24) is 0 Å². The molecule has 2 radical (unpaired) electrons. The largest absolute Gasteiger partial charge is 0.844 e. The second kappa shape index (κ2) is 5.27. The number of rotatable bonds is 0. The van der Waals surface area contributed by atoms with Crippen LogP contribution in [0.5, 0.6) is 0 Å². The van der Waals surface area contributed by atoms with Crippen LogP contribution in [0.3, 0.4) is 0 Å². The van der Waals surface area contributed by atoms with Crippen molar-refractivity contribution in [3.63, 3.8) is 0 Å². The molecule has 0 aliphatic heterocycles. The summed E-state index contributed by atoms with van der Waals surface area (Å²) in [5.74, 6) is 0. The molecular weight excluding hydrogens is 118 g/mol. The molecule has 0 fully saturated rings. The van der Waals surface area contributed by atoms with E-state index in [1.807, 2.05) is 0 Å². The number of halogens is 4. The Hall–Kier alpha value is 1.13. The quantitative estimate of drug-likeness (QED) is 0.247. The van der Waals surface area contributed by atoms with Gasteiger partial charge >= 0.3 is 9.41 Å². The second-order valence-corrected chi connectivity index (χ2v) is 1.29. The third kappa shape index (κ3) is 147. The minimum atomic E-state index is -6.61. The molecule has 0 heterocycles. The topological polar surface area (TPSA) is 0 Å². The third-order valence-corrected chi connectivity index (χ3v) is 0. The average molecular weight is 118 g/mol. The first kappa shape index (κ1) is 15.7. The van der Waals surface area contributed by atoms with Gasteiger partial charge in [0.25, 0.3) is 0 Å². The third-order valence-electron chi connectivity index (χ3n) is 0. The molecule has 34 valence electrons. The molecule has 0 aromatic carbocycles. The van der Waals surface area contributed by atoms with Gasteiger partial charge in [-0.2, -0.15) is 0 Å². The standard InChI is InChI=1S/F4Si.2Li/c1-5(2,3)4;;. The van der Waals surface area contributed by atoms with E-state index in [9.17, 15) is 16.4 Å². The van der Waals surface area contributed by atoms with E-state index >= 15 is 0 Å². The van der Waals surface area contributed by atoms with Crippen LogP contribution >= 0.6 is 0 Å². The summed E-state index contributed by atoms with van der Waals surface area (Å²) in [5, 5.41) is 0. The van der Waals surface area contributed by atoms with Crippen molar-refractivity contribution in [3.8, 4) is 0 Å². The van der Waals surface area contributed by atoms with Gasteiger partial charge in [0.05, 0.1) is 0 Å². The summed E-state index contributed by atoms with van der Waals surface area (Å²) in [5.41, 5.74) is 0. The first-order valence-electron chi connectivity index (χ1n) is 0.756. The van der Waals surface area contributed by atoms with Gasteiger partial charge in [0.2, 0.25) is 0 Å². The van der Waals surface area contributed by atoms with Gasteiger partial charge in [-0.3, -0.25) is 0 Å². The predicted octanol–water partition coefficient (Wildman–Crippen LogP) is 0.538. The van der Waals surface area contributed by atoms with Crippen molar-refractivity contribution in [2.75, 3.05) is 0 Å². The smallest absolute Gasteiger partial charge is 0.211 e. The van der Waals surface area contributed by atoms with Crippen LogP contribution in [0, 0.1) is 0 Å². The molecule has 0 N–H and O–H groups in total. The zero-order valence-corrected chi connectivity index (χ0v) is 5.01. The monoisotopic (exact) mass is 118 g/mol. The summed E-state index contributed by atoms with van der Waals surface area (Å²) < 4.78 is 39.3. The van der Waals surface area contributed by atoms with Gasteiger partial charge in [0.15, 0.2) is 0 Å². The predicted molar refractivity (Wildman–Crippen MR) is 21.7 cm³/mol. The SMILES string of the molecule is F[Si](F)(F)F.[Li].[Li]. The van der Waals surface area contributed by atoms with Crippen molar-refractivity contribution in [2.45, 2.75) is 0 Å². The Kier molecular flexibility index (Phi) is 11.8. The van der Waals surface area contributed by atoms with E-state index in [4.69, 9.17) is 0 Å². The molecule has 0 spiro atoms. The van der Waals surface area contributed by atoms with Gasteiger partial charge in [0, 0.05) is 37.7 Å². The molecule has 0 aromatic heterocycles. The molecule has 0 unspecified atom stereocenters. The molecular formula is F4Li2Si. The van der Waals surface area contributed by atoms with Crippen molar-refractivity contribution in [3.05, 3.63) is 0 Å². The zero-order chi connectivity index (χ0) is 4.50. The number of hydrogen-bond acceptors (Lipinski definition) is 0. The number of hydrogen-bond donors (Lipinski definition) is 0. The first-order chi connectivity index (χ1) is 2.00. The molecule has 0 nitrogen and oxygen atoms in total. The van der Waals surface area contributed by atoms with E-state index in [0.717, 1.165) is 0 Å². The van der Waals surface area contributed by atoms with E-state index < -0.39 is 9.41 Å². The van der Waals surface area contributed by atoms with E-state index in [0.29, 0.717) is 0 Å². The molecule has 0 saturated carbocycles. The summed E-state index contributed by atoms with van der Waals surface area (Å²) in [6, 6.07) is 0. The summed E-state index contributed by atoms with van der Waals surface area (Å²) in [4.78, 5) is 0. The van der Waals surface area contributed by atoms with Crippen LogP contribution in [0.1, 0.15) is 0 Å². The van der Waals surface area contributed by atoms with Crippen LogP contribution in [-0.2, 0) is 0 Å². The van der Waals surface area contributed by atoms with E-state index in [1.165, 1.54) is 0 Å². The Bertz CT molecular complexity index is 25.2. The summed E-state index contributed by atoms with van der Waals surface area (Å²) in [6.07, 6.45) is 0. The molecule has 0 aliphatic carbocycles.